The van der Waals surface area contributed by atoms with Gasteiger partial charge in [0, 0.05) is 11.5 Å². The number of aldehydes is 1. The van der Waals surface area contributed by atoms with Crippen molar-refractivity contribution in [2.24, 2.45) is 5.92 Å². The molecule has 3 heteroatoms. The predicted octanol–water partition coefficient (Wildman–Crippen LogP) is 5.04. The summed E-state index contributed by atoms with van der Waals surface area (Å²) < 4.78 is 0. The van der Waals surface area contributed by atoms with Crippen molar-refractivity contribution in [2.45, 2.75) is 51.0 Å². The van der Waals surface area contributed by atoms with Crippen molar-refractivity contribution in [1.82, 2.24) is 5.32 Å². The molecule has 1 N–H and O–H groups in total. The Hall–Kier alpha value is -2.42. The lowest BCUT2D eigenvalue weighted by Crippen LogP contribution is -2.37. The lowest BCUT2D eigenvalue weighted by atomic mass is 9.74. The number of hydrogen-bond acceptors (Lipinski definition) is 2. The normalized spacial score (nSPS) is 21.0. The van der Waals surface area contributed by atoms with Crippen LogP contribution in [0.4, 0.5) is 0 Å². The van der Waals surface area contributed by atoms with Crippen molar-refractivity contribution < 1.29 is 9.59 Å². The molecule has 3 atom stereocenters. The second-order valence-electron chi connectivity index (χ2n) is 7.16. The minimum atomic E-state index is 0.00333. The first-order chi connectivity index (χ1) is 12.7. The summed E-state index contributed by atoms with van der Waals surface area (Å²) in [6, 6.07) is 18.0. The molecule has 0 spiro atoms. The second kappa shape index (κ2) is 8.79. The molecular weight excluding hydrogens is 322 g/mol. The van der Waals surface area contributed by atoms with Crippen LogP contribution in [0.3, 0.4) is 0 Å². The summed E-state index contributed by atoms with van der Waals surface area (Å²) in [6.07, 6.45) is 5.95. The fourth-order valence-corrected chi connectivity index (χ4v) is 4.05. The fourth-order valence-electron chi connectivity index (χ4n) is 4.05. The Morgan fingerprint density at radius 3 is 2.42 bits per heavy atom. The van der Waals surface area contributed by atoms with Gasteiger partial charge in [0.05, 0.1) is 6.04 Å². The van der Waals surface area contributed by atoms with Gasteiger partial charge in [0.2, 0.25) is 5.91 Å². The molecular formula is C23H27NO2. The fraction of sp³-hybridized carbons (Fsp3) is 0.391. The summed E-state index contributed by atoms with van der Waals surface area (Å²) in [5.41, 5.74) is 3.01. The van der Waals surface area contributed by atoms with Crippen LogP contribution in [0.2, 0.25) is 0 Å². The molecule has 0 aromatic heterocycles. The molecule has 0 aliphatic heterocycles. The number of carbonyl (C=O) groups excluding carboxylic acids is 2. The summed E-state index contributed by atoms with van der Waals surface area (Å²) >= 11 is 0. The van der Waals surface area contributed by atoms with Crippen LogP contribution in [-0.2, 0) is 4.79 Å². The van der Waals surface area contributed by atoms with E-state index in [4.69, 9.17) is 0 Å². The Morgan fingerprint density at radius 1 is 1.08 bits per heavy atom. The first-order valence-electron chi connectivity index (χ1n) is 9.63. The van der Waals surface area contributed by atoms with Gasteiger partial charge in [-0.25, -0.2) is 0 Å². The largest absolute Gasteiger partial charge is 0.349 e. The number of benzene rings is 2. The van der Waals surface area contributed by atoms with Gasteiger partial charge in [-0.05, 0) is 36.3 Å². The maximum Gasteiger partial charge on any atom is 0.224 e. The first-order valence-corrected chi connectivity index (χ1v) is 9.63. The van der Waals surface area contributed by atoms with Crippen LogP contribution in [0.5, 0.6) is 0 Å². The third kappa shape index (κ3) is 4.21. The Labute approximate surface area is 155 Å². The Morgan fingerprint density at radius 2 is 1.77 bits per heavy atom. The zero-order chi connectivity index (χ0) is 18.4. The SMILES string of the molecule is CC[C@H](NC(=O)[C@H]1CCCC[C@@H]1c1ccc(C=O)cc1)c1ccccc1. The molecule has 0 unspecified atom stereocenters. The molecule has 3 nitrogen and oxygen atoms in total. The van der Waals surface area contributed by atoms with Crippen molar-refractivity contribution in [2.75, 3.05) is 0 Å². The molecule has 1 aliphatic carbocycles. The molecule has 26 heavy (non-hydrogen) atoms. The van der Waals surface area contributed by atoms with Gasteiger partial charge in [0.15, 0.2) is 0 Å². The van der Waals surface area contributed by atoms with Crippen molar-refractivity contribution in [3.05, 3.63) is 71.3 Å². The number of carbonyl (C=O) groups is 2. The highest BCUT2D eigenvalue weighted by molar-refractivity contribution is 5.80. The molecule has 1 amide bonds. The highest BCUT2D eigenvalue weighted by atomic mass is 16.2. The Bertz CT molecular complexity index is 724. The Kier molecular flexibility index (Phi) is 6.21. The van der Waals surface area contributed by atoms with E-state index in [1.54, 1.807) is 0 Å². The van der Waals surface area contributed by atoms with Crippen LogP contribution in [0.15, 0.2) is 54.6 Å². The molecule has 0 saturated heterocycles. The number of amides is 1. The van der Waals surface area contributed by atoms with Crippen LogP contribution in [0.1, 0.15) is 72.5 Å². The quantitative estimate of drug-likeness (QED) is 0.743. The van der Waals surface area contributed by atoms with E-state index < -0.39 is 0 Å². The molecule has 0 bridgehead atoms. The van der Waals surface area contributed by atoms with Crippen LogP contribution in [0, 0.1) is 5.92 Å². The van der Waals surface area contributed by atoms with E-state index >= 15 is 0 Å². The number of hydrogen-bond donors (Lipinski definition) is 1. The molecule has 2 aromatic carbocycles. The highest BCUT2D eigenvalue weighted by Gasteiger charge is 2.32. The van der Waals surface area contributed by atoms with Gasteiger partial charge in [-0.15, -0.1) is 0 Å². The van der Waals surface area contributed by atoms with Crippen molar-refractivity contribution >= 4 is 12.2 Å². The van der Waals surface area contributed by atoms with Gasteiger partial charge < -0.3 is 5.32 Å². The summed E-state index contributed by atoms with van der Waals surface area (Å²) in [6.45, 7) is 2.11. The average Bonchev–Trinajstić information content (AvgIpc) is 2.72. The van der Waals surface area contributed by atoms with Crippen LogP contribution >= 0.6 is 0 Å². The minimum Gasteiger partial charge on any atom is -0.349 e. The molecule has 136 valence electrons. The van der Waals surface area contributed by atoms with E-state index in [1.165, 1.54) is 5.56 Å². The molecule has 1 saturated carbocycles. The number of nitrogens with one attached hydrogen (secondary N) is 1. The topological polar surface area (TPSA) is 46.2 Å². The number of rotatable bonds is 6. The van der Waals surface area contributed by atoms with E-state index in [0.29, 0.717) is 5.56 Å². The van der Waals surface area contributed by atoms with E-state index in [1.807, 2.05) is 42.5 Å². The monoisotopic (exact) mass is 349 g/mol. The minimum absolute atomic E-state index is 0.00333. The second-order valence-corrected chi connectivity index (χ2v) is 7.16. The third-order valence-corrected chi connectivity index (χ3v) is 5.53. The lowest BCUT2D eigenvalue weighted by Gasteiger charge is -2.32. The third-order valence-electron chi connectivity index (χ3n) is 5.53. The zero-order valence-corrected chi connectivity index (χ0v) is 15.4. The van der Waals surface area contributed by atoms with Crippen molar-refractivity contribution in [3.63, 3.8) is 0 Å². The van der Waals surface area contributed by atoms with Gasteiger partial charge in [-0.1, -0.05) is 74.4 Å². The van der Waals surface area contributed by atoms with Gasteiger partial charge in [-0.3, -0.25) is 9.59 Å². The van der Waals surface area contributed by atoms with E-state index in [2.05, 4.69) is 24.4 Å². The van der Waals surface area contributed by atoms with Crippen LogP contribution in [-0.4, -0.2) is 12.2 Å². The smallest absolute Gasteiger partial charge is 0.224 e. The maximum atomic E-state index is 13.1. The van der Waals surface area contributed by atoms with Gasteiger partial charge in [-0.2, -0.15) is 0 Å². The molecule has 1 aliphatic rings. The summed E-state index contributed by atoms with van der Waals surface area (Å²) in [7, 11) is 0. The van der Waals surface area contributed by atoms with Crippen molar-refractivity contribution in [3.8, 4) is 0 Å². The summed E-state index contributed by atoms with van der Waals surface area (Å²) in [5.74, 6) is 0.395. The van der Waals surface area contributed by atoms with Crippen molar-refractivity contribution in [1.29, 1.82) is 0 Å². The molecule has 2 aromatic rings. The maximum absolute atomic E-state index is 13.1. The molecule has 0 heterocycles. The van der Waals surface area contributed by atoms with E-state index in [9.17, 15) is 9.59 Å². The molecule has 1 fully saturated rings. The molecule has 0 radical (unpaired) electrons. The highest BCUT2D eigenvalue weighted by Crippen LogP contribution is 2.38. The zero-order valence-electron chi connectivity index (χ0n) is 15.4. The van der Waals surface area contributed by atoms with E-state index in [-0.39, 0.29) is 23.8 Å². The molecule has 3 rings (SSSR count). The first kappa shape index (κ1) is 18.4. The summed E-state index contributed by atoms with van der Waals surface area (Å²) in [5, 5.41) is 3.28. The van der Waals surface area contributed by atoms with Crippen LogP contribution in [0.25, 0.3) is 0 Å². The van der Waals surface area contributed by atoms with Gasteiger partial charge in [0.25, 0.3) is 0 Å². The van der Waals surface area contributed by atoms with E-state index in [0.717, 1.165) is 44.0 Å². The average molecular weight is 349 g/mol. The summed E-state index contributed by atoms with van der Waals surface area (Å²) in [4.78, 5) is 24.0. The Balaban J connectivity index is 1.75. The predicted molar refractivity (Wildman–Crippen MR) is 104 cm³/mol. The lowest BCUT2D eigenvalue weighted by molar-refractivity contribution is -0.127. The van der Waals surface area contributed by atoms with Crippen LogP contribution < -0.4 is 5.32 Å². The van der Waals surface area contributed by atoms with Gasteiger partial charge >= 0.3 is 0 Å². The standard InChI is InChI=1S/C23H27NO2/c1-2-22(19-8-4-3-5-9-19)24-23(26)21-11-7-6-10-20(21)18-14-12-17(16-25)13-15-18/h3-5,8-9,12-16,20-22H,2,6-7,10-11H2,1H3,(H,24,26)/t20-,21+,22+/m1/s1. The van der Waals surface area contributed by atoms with Gasteiger partial charge in [0.1, 0.15) is 6.29 Å².